The van der Waals surface area contributed by atoms with Crippen LogP contribution in [0.25, 0.3) is 22.3 Å². The van der Waals surface area contributed by atoms with Crippen LogP contribution in [0.15, 0.2) is 42.5 Å². The number of halogens is 3. The first-order chi connectivity index (χ1) is 13.1. The van der Waals surface area contributed by atoms with Gasteiger partial charge in [-0.15, -0.1) is 5.10 Å². The van der Waals surface area contributed by atoms with Crippen LogP contribution >= 0.6 is 45.8 Å². The van der Waals surface area contributed by atoms with Gasteiger partial charge < -0.3 is 5.32 Å². The Morgan fingerprint density at radius 1 is 0.926 bits per heavy atom. The van der Waals surface area contributed by atoms with Crippen LogP contribution in [0, 0.1) is 6.92 Å². The second-order valence-electron chi connectivity index (χ2n) is 5.38. The van der Waals surface area contributed by atoms with Crippen molar-refractivity contribution in [2.45, 2.75) is 6.92 Å². The maximum absolute atomic E-state index is 6.32. The molecular weight excluding hydrogens is 498 g/mol. The predicted octanol–water partition coefficient (Wildman–Crippen LogP) is 5.82. The third-order valence-corrected chi connectivity index (χ3v) is 4.25. The number of benzene rings is 2. The molecule has 4 aromatic rings. The van der Waals surface area contributed by atoms with Crippen molar-refractivity contribution < 1.29 is 0 Å². The van der Waals surface area contributed by atoms with Crippen molar-refractivity contribution in [3.05, 3.63) is 58.3 Å². The zero-order valence-corrected chi connectivity index (χ0v) is 18.1. The van der Waals surface area contributed by atoms with Crippen molar-refractivity contribution in [2.75, 3.05) is 10.2 Å². The second-order valence-corrected chi connectivity index (χ2v) is 6.19. The number of aromatic nitrogens is 5. The Labute approximate surface area is 179 Å². The van der Waals surface area contributed by atoms with Gasteiger partial charge in [-0.25, -0.2) is 9.97 Å². The van der Waals surface area contributed by atoms with Gasteiger partial charge in [0.1, 0.15) is 11.6 Å². The number of anilines is 2. The number of alkyl halides is 1. The van der Waals surface area contributed by atoms with E-state index in [2.05, 4.69) is 53.1 Å². The predicted molar refractivity (Wildman–Crippen MR) is 119 cm³/mol. The molecule has 0 aliphatic rings. The van der Waals surface area contributed by atoms with Gasteiger partial charge in [-0.05, 0) is 36.1 Å². The van der Waals surface area contributed by atoms with Crippen LogP contribution in [0.4, 0.5) is 11.8 Å². The number of hydrogen-bond acceptors (Lipinski definition) is 5. The highest BCUT2D eigenvalue weighted by atomic mass is 127. The molecule has 0 fully saturated rings. The molecule has 6 nitrogen and oxygen atoms in total. The fourth-order valence-electron chi connectivity index (χ4n) is 2.50. The largest absolute Gasteiger partial charge is 0.307 e. The number of hydrogen-bond donors (Lipinski definition) is 2. The Morgan fingerprint density at radius 3 is 2.30 bits per heavy atom. The molecule has 0 aliphatic heterocycles. The lowest BCUT2D eigenvalue weighted by Crippen LogP contribution is -2.01. The molecule has 4 rings (SSSR count). The highest BCUT2D eigenvalue weighted by Gasteiger charge is 2.15. The lowest BCUT2D eigenvalue weighted by molar-refractivity contribution is 1.04. The van der Waals surface area contributed by atoms with Crippen molar-refractivity contribution in [2.24, 2.45) is 0 Å². The minimum atomic E-state index is 0.428. The number of aryl methyl sites for hydroxylation is 1. The van der Waals surface area contributed by atoms with Crippen LogP contribution in [-0.2, 0) is 0 Å². The Morgan fingerprint density at radius 2 is 1.63 bits per heavy atom. The van der Waals surface area contributed by atoms with Gasteiger partial charge in [0, 0.05) is 5.39 Å². The summed E-state index contributed by atoms with van der Waals surface area (Å²) in [6.45, 7) is 1.82. The van der Waals surface area contributed by atoms with Gasteiger partial charge in [0.15, 0.2) is 5.82 Å². The smallest absolute Gasteiger partial charge is 0.247 e. The summed E-state index contributed by atoms with van der Waals surface area (Å²) in [5.74, 6) is 2.15. The first-order valence-corrected chi connectivity index (χ1v) is 10.8. The van der Waals surface area contributed by atoms with Gasteiger partial charge in [-0.3, -0.25) is 5.10 Å². The fraction of sp³-hybridized carbons (Fsp3) is 0.111. The van der Waals surface area contributed by atoms with Crippen LogP contribution < -0.4 is 5.32 Å². The number of nitrogens with zero attached hydrogens (tertiary/aromatic N) is 4. The molecule has 0 radical (unpaired) electrons. The molecule has 138 valence electrons. The number of nitrogens with one attached hydrogen (secondary N) is 2. The molecule has 2 aromatic carbocycles. The summed E-state index contributed by atoms with van der Waals surface area (Å²) in [7, 11) is 0. The monoisotopic (exact) mass is 512 g/mol. The first-order valence-electron chi connectivity index (χ1n) is 7.87. The molecule has 0 aliphatic carbocycles. The SMILES string of the molecule is CI.Cc1nc(Nc2nc(-c3c(Cl)cccc3Cl)nc3ccccc23)n[nH]1. The van der Waals surface area contributed by atoms with Gasteiger partial charge in [-0.1, -0.05) is 64.0 Å². The quantitative estimate of drug-likeness (QED) is 0.267. The standard InChI is InChI=1S/C17H12Cl2N6.CH3I/c1-9-20-17(25-24-9)23-15-10-5-2-3-8-13(10)21-16(22-15)14-11(18)6-4-7-12(14)19;1-2/h2-8H,1H3,(H2,20,21,22,23,24,25);1H3. The normalized spacial score (nSPS) is 10.4. The molecule has 2 aromatic heterocycles. The average Bonchev–Trinajstić information content (AvgIpc) is 3.08. The van der Waals surface area contributed by atoms with E-state index in [0.29, 0.717) is 39.0 Å². The second kappa shape index (κ2) is 8.81. The van der Waals surface area contributed by atoms with Crippen molar-refractivity contribution >= 4 is 68.5 Å². The Balaban J connectivity index is 0.00000102. The van der Waals surface area contributed by atoms with Crippen molar-refractivity contribution in [3.63, 3.8) is 0 Å². The molecule has 0 saturated heterocycles. The van der Waals surface area contributed by atoms with E-state index in [-0.39, 0.29) is 0 Å². The Kier molecular flexibility index (Phi) is 6.46. The number of fused-ring (bicyclic) bond motifs is 1. The van der Waals surface area contributed by atoms with Gasteiger partial charge in [-0.2, -0.15) is 4.98 Å². The molecule has 2 N–H and O–H groups in total. The lowest BCUT2D eigenvalue weighted by Gasteiger charge is -2.11. The van der Waals surface area contributed by atoms with Gasteiger partial charge >= 0.3 is 0 Å². The summed E-state index contributed by atoms with van der Waals surface area (Å²) in [5.41, 5.74) is 1.35. The zero-order chi connectivity index (χ0) is 19.4. The topological polar surface area (TPSA) is 79.4 Å². The minimum absolute atomic E-state index is 0.428. The van der Waals surface area contributed by atoms with Crippen molar-refractivity contribution in [1.82, 2.24) is 25.1 Å². The maximum Gasteiger partial charge on any atom is 0.247 e. The van der Waals surface area contributed by atoms with E-state index in [0.717, 1.165) is 10.9 Å². The van der Waals surface area contributed by atoms with Crippen molar-refractivity contribution in [1.29, 1.82) is 0 Å². The third-order valence-electron chi connectivity index (χ3n) is 3.62. The summed E-state index contributed by atoms with van der Waals surface area (Å²) < 4.78 is 0. The lowest BCUT2D eigenvalue weighted by atomic mass is 10.1. The van der Waals surface area contributed by atoms with Crippen LogP contribution in [-0.4, -0.2) is 30.1 Å². The zero-order valence-electron chi connectivity index (χ0n) is 14.5. The highest BCUT2D eigenvalue weighted by molar-refractivity contribution is 14.1. The van der Waals surface area contributed by atoms with E-state index in [4.69, 9.17) is 23.2 Å². The van der Waals surface area contributed by atoms with Gasteiger partial charge in [0.2, 0.25) is 5.95 Å². The summed E-state index contributed by atoms with van der Waals surface area (Å²) in [6, 6.07) is 13.0. The number of para-hydroxylation sites is 1. The van der Waals surface area contributed by atoms with Gasteiger partial charge in [0.25, 0.3) is 0 Å². The molecule has 27 heavy (non-hydrogen) atoms. The first kappa shape index (κ1) is 19.8. The molecule has 9 heteroatoms. The average molecular weight is 513 g/mol. The van der Waals surface area contributed by atoms with E-state index < -0.39 is 0 Å². The minimum Gasteiger partial charge on any atom is -0.307 e. The van der Waals surface area contributed by atoms with E-state index in [9.17, 15) is 0 Å². The molecular formula is C18H15Cl2IN6. The number of rotatable bonds is 3. The molecule has 0 bridgehead atoms. The molecule has 0 unspecified atom stereocenters. The van der Waals surface area contributed by atoms with Crippen LogP contribution in [0.3, 0.4) is 0 Å². The van der Waals surface area contributed by atoms with E-state index in [1.54, 1.807) is 18.2 Å². The van der Waals surface area contributed by atoms with Crippen LogP contribution in [0.2, 0.25) is 10.0 Å². The maximum atomic E-state index is 6.32. The van der Waals surface area contributed by atoms with E-state index in [1.165, 1.54) is 0 Å². The molecule has 2 heterocycles. The molecule has 0 spiro atoms. The summed E-state index contributed by atoms with van der Waals surface area (Å²) >= 11 is 14.8. The number of aromatic amines is 1. The molecule has 0 atom stereocenters. The fourth-order valence-corrected chi connectivity index (χ4v) is 3.07. The molecule has 0 saturated carbocycles. The molecule has 0 amide bonds. The van der Waals surface area contributed by atoms with Crippen molar-refractivity contribution in [3.8, 4) is 11.4 Å². The Hall–Kier alpha value is -1.97. The van der Waals surface area contributed by atoms with Crippen LogP contribution in [0.1, 0.15) is 5.82 Å². The van der Waals surface area contributed by atoms with E-state index in [1.807, 2.05) is 36.1 Å². The Bertz CT molecular complexity index is 1060. The highest BCUT2D eigenvalue weighted by Crippen LogP contribution is 2.34. The van der Waals surface area contributed by atoms with Gasteiger partial charge in [0.05, 0.1) is 21.1 Å². The summed E-state index contributed by atoms with van der Waals surface area (Å²) in [6.07, 6.45) is 0. The third kappa shape index (κ3) is 4.31. The summed E-state index contributed by atoms with van der Waals surface area (Å²) in [5, 5.41) is 11.8. The number of H-pyrrole nitrogens is 1. The summed E-state index contributed by atoms with van der Waals surface area (Å²) in [4.78, 5) is 15.4. The van der Waals surface area contributed by atoms with E-state index >= 15 is 0 Å². The van der Waals surface area contributed by atoms with Crippen LogP contribution in [0.5, 0.6) is 0 Å².